The van der Waals surface area contributed by atoms with E-state index in [2.05, 4.69) is 21.2 Å². The fourth-order valence-electron chi connectivity index (χ4n) is 1.41. The van der Waals surface area contributed by atoms with Crippen LogP contribution in [0.2, 0.25) is 0 Å². The molecule has 0 aliphatic rings. The van der Waals surface area contributed by atoms with Gasteiger partial charge in [-0.25, -0.2) is 0 Å². The zero-order chi connectivity index (χ0) is 11.6. The van der Waals surface area contributed by atoms with Crippen molar-refractivity contribution >= 4 is 21.7 Å². The van der Waals surface area contributed by atoms with Crippen molar-refractivity contribution in [3.8, 4) is 5.75 Å². The number of nitrogens with one attached hydrogen (secondary N) is 1. The predicted octanol–water partition coefficient (Wildman–Crippen LogP) is 2.17. The van der Waals surface area contributed by atoms with Crippen LogP contribution in [0.15, 0.2) is 10.5 Å². The Morgan fingerprint density at radius 3 is 2.67 bits per heavy atom. The van der Waals surface area contributed by atoms with E-state index in [9.17, 15) is 9.90 Å². The number of hydrogen-bond acceptors (Lipinski definition) is 3. The van der Waals surface area contributed by atoms with Crippen LogP contribution < -0.4 is 5.32 Å². The Labute approximate surface area is 97.6 Å². The van der Waals surface area contributed by atoms with Gasteiger partial charge in [0.1, 0.15) is 5.75 Å². The molecule has 0 saturated heterocycles. The minimum Gasteiger partial charge on any atom is -0.506 e. The molecule has 0 amide bonds. The molecule has 0 heterocycles. The standard InChI is InChI=1S/C11H14BrNO2/c1-6-4-8(9(14)5-13-3)7(2)11(15)10(6)12/h4,13,15H,5H2,1-3H3. The molecule has 0 saturated carbocycles. The van der Waals surface area contributed by atoms with Crippen LogP contribution in [0.5, 0.6) is 5.75 Å². The fourth-order valence-corrected chi connectivity index (χ4v) is 1.82. The number of hydrogen-bond donors (Lipinski definition) is 2. The van der Waals surface area contributed by atoms with E-state index in [-0.39, 0.29) is 18.1 Å². The SMILES string of the molecule is CNCC(=O)c1cc(C)c(Br)c(O)c1C. The van der Waals surface area contributed by atoms with Crippen molar-refractivity contribution in [1.82, 2.24) is 5.32 Å². The molecule has 15 heavy (non-hydrogen) atoms. The zero-order valence-corrected chi connectivity index (χ0v) is 10.6. The van der Waals surface area contributed by atoms with Gasteiger partial charge in [-0.15, -0.1) is 0 Å². The normalized spacial score (nSPS) is 10.4. The van der Waals surface area contributed by atoms with E-state index in [0.717, 1.165) is 5.56 Å². The van der Waals surface area contributed by atoms with E-state index in [1.165, 1.54) is 0 Å². The highest BCUT2D eigenvalue weighted by Gasteiger charge is 2.15. The van der Waals surface area contributed by atoms with Crippen molar-refractivity contribution in [2.75, 3.05) is 13.6 Å². The molecule has 3 nitrogen and oxygen atoms in total. The molecular formula is C11H14BrNO2. The van der Waals surface area contributed by atoms with Gasteiger partial charge in [0, 0.05) is 11.1 Å². The van der Waals surface area contributed by atoms with Gasteiger partial charge in [0.2, 0.25) is 0 Å². The molecule has 82 valence electrons. The van der Waals surface area contributed by atoms with Crippen LogP contribution in [-0.2, 0) is 0 Å². The summed E-state index contributed by atoms with van der Waals surface area (Å²) in [5.74, 6) is 0.135. The Hall–Kier alpha value is -0.870. The van der Waals surface area contributed by atoms with Gasteiger partial charge < -0.3 is 10.4 Å². The van der Waals surface area contributed by atoms with Crippen LogP contribution in [0.4, 0.5) is 0 Å². The number of carbonyl (C=O) groups excluding carboxylic acids is 1. The highest BCUT2D eigenvalue weighted by molar-refractivity contribution is 9.10. The van der Waals surface area contributed by atoms with E-state index in [4.69, 9.17) is 0 Å². The number of rotatable bonds is 3. The maximum Gasteiger partial charge on any atom is 0.176 e. The summed E-state index contributed by atoms with van der Waals surface area (Å²) in [4.78, 5) is 11.7. The highest BCUT2D eigenvalue weighted by atomic mass is 79.9. The van der Waals surface area contributed by atoms with E-state index in [1.54, 1.807) is 20.0 Å². The largest absolute Gasteiger partial charge is 0.506 e. The molecule has 4 heteroatoms. The van der Waals surface area contributed by atoms with Gasteiger partial charge in [-0.3, -0.25) is 4.79 Å². The second kappa shape index (κ2) is 4.77. The lowest BCUT2D eigenvalue weighted by atomic mass is 10.0. The molecule has 0 spiro atoms. The van der Waals surface area contributed by atoms with E-state index in [0.29, 0.717) is 15.6 Å². The van der Waals surface area contributed by atoms with E-state index >= 15 is 0 Å². The summed E-state index contributed by atoms with van der Waals surface area (Å²) in [6.07, 6.45) is 0. The molecule has 0 bridgehead atoms. The summed E-state index contributed by atoms with van der Waals surface area (Å²) in [6, 6.07) is 1.79. The molecule has 0 unspecified atom stereocenters. The number of phenolic OH excluding ortho intramolecular Hbond substituents is 1. The average Bonchev–Trinajstić information content (AvgIpc) is 2.20. The van der Waals surface area contributed by atoms with Gasteiger partial charge in [-0.2, -0.15) is 0 Å². The number of Topliss-reactive ketones (excluding diaryl/α,β-unsaturated/α-hetero) is 1. The third-order valence-electron chi connectivity index (χ3n) is 2.31. The number of likely N-dealkylation sites (N-methyl/N-ethyl adjacent to an activating group) is 1. The molecule has 0 aliphatic heterocycles. The van der Waals surface area contributed by atoms with Crippen LogP contribution in [0.3, 0.4) is 0 Å². The van der Waals surface area contributed by atoms with Crippen molar-refractivity contribution in [3.05, 3.63) is 27.2 Å². The third kappa shape index (κ3) is 2.38. The first-order valence-corrected chi connectivity index (χ1v) is 5.44. The van der Waals surface area contributed by atoms with E-state index < -0.39 is 0 Å². The van der Waals surface area contributed by atoms with Gasteiger partial charge >= 0.3 is 0 Å². The van der Waals surface area contributed by atoms with Gasteiger partial charge in [-0.05, 0) is 48.5 Å². The fraction of sp³-hybridized carbons (Fsp3) is 0.364. The van der Waals surface area contributed by atoms with Gasteiger partial charge in [0.15, 0.2) is 5.78 Å². The maximum atomic E-state index is 11.7. The van der Waals surface area contributed by atoms with Crippen molar-refractivity contribution in [3.63, 3.8) is 0 Å². The lowest BCUT2D eigenvalue weighted by molar-refractivity contribution is 0.0992. The summed E-state index contributed by atoms with van der Waals surface area (Å²) in [5.41, 5.74) is 2.05. The summed E-state index contributed by atoms with van der Waals surface area (Å²) >= 11 is 3.28. The quantitative estimate of drug-likeness (QED) is 0.829. The first kappa shape index (κ1) is 12.2. The molecule has 0 radical (unpaired) electrons. The molecule has 0 fully saturated rings. The molecule has 2 N–H and O–H groups in total. The molecule has 0 aliphatic carbocycles. The first-order valence-electron chi connectivity index (χ1n) is 4.65. The Kier molecular flexibility index (Phi) is 3.88. The number of ketones is 1. The van der Waals surface area contributed by atoms with Crippen LogP contribution in [0.1, 0.15) is 21.5 Å². The van der Waals surface area contributed by atoms with Crippen molar-refractivity contribution in [1.29, 1.82) is 0 Å². The molecule has 0 atom stereocenters. The highest BCUT2D eigenvalue weighted by Crippen LogP contribution is 2.33. The van der Waals surface area contributed by atoms with Crippen LogP contribution in [0.25, 0.3) is 0 Å². The third-order valence-corrected chi connectivity index (χ3v) is 3.31. The van der Waals surface area contributed by atoms with E-state index in [1.807, 2.05) is 6.92 Å². The summed E-state index contributed by atoms with van der Waals surface area (Å²) in [5, 5.41) is 12.6. The molecular weight excluding hydrogens is 258 g/mol. The topological polar surface area (TPSA) is 49.3 Å². The van der Waals surface area contributed by atoms with Gasteiger partial charge in [-0.1, -0.05) is 0 Å². The maximum absolute atomic E-state index is 11.7. The van der Waals surface area contributed by atoms with Crippen molar-refractivity contribution in [2.45, 2.75) is 13.8 Å². The summed E-state index contributed by atoms with van der Waals surface area (Å²) in [6.45, 7) is 3.86. The minimum absolute atomic E-state index is 0.0131. The van der Waals surface area contributed by atoms with Crippen LogP contribution >= 0.6 is 15.9 Å². The number of halogens is 1. The summed E-state index contributed by atoms with van der Waals surface area (Å²) < 4.78 is 0.654. The second-order valence-corrected chi connectivity index (χ2v) is 4.28. The Morgan fingerprint density at radius 1 is 1.53 bits per heavy atom. The van der Waals surface area contributed by atoms with Gasteiger partial charge in [0.05, 0.1) is 11.0 Å². The number of aromatic hydroxyl groups is 1. The van der Waals surface area contributed by atoms with Crippen LogP contribution in [0, 0.1) is 13.8 Å². The van der Waals surface area contributed by atoms with Crippen molar-refractivity contribution in [2.24, 2.45) is 0 Å². The zero-order valence-electron chi connectivity index (χ0n) is 9.02. The average molecular weight is 272 g/mol. The Balaban J connectivity index is 3.26. The molecule has 1 aromatic rings. The van der Waals surface area contributed by atoms with Crippen LogP contribution in [-0.4, -0.2) is 24.5 Å². The summed E-state index contributed by atoms with van der Waals surface area (Å²) in [7, 11) is 1.72. The smallest absolute Gasteiger partial charge is 0.176 e. The minimum atomic E-state index is -0.0131. The number of carbonyl (C=O) groups is 1. The Morgan fingerprint density at radius 2 is 2.13 bits per heavy atom. The molecule has 1 rings (SSSR count). The Bertz CT molecular complexity index is 402. The number of aryl methyl sites for hydroxylation is 1. The molecule has 0 aromatic heterocycles. The predicted molar refractivity (Wildman–Crippen MR) is 63.5 cm³/mol. The monoisotopic (exact) mass is 271 g/mol. The number of benzene rings is 1. The lowest BCUT2D eigenvalue weighted by Crippen LogP contribution is -2.19. The number of phenols is 1. The van der Waals surface area contributed by atoms with Crippen molar-refractivity contribution < 1.29 is 9.90 Å². The lowest BCUT2D eigenvalue weighted by Gasteiger charge is -2.10. The first-order chi connectivity index (χ1) is 6.99. The van der Waals surface area contributed by atoms with Gasteiger partial charge in [0.25, 0.3) is 0 Å². The molecule has 1 aromatic carbocycles. The second-order valence-electron chi connectivity index (χ2n) is 3.48.